The van der Waals surface area contributed by atoms with E-state index in [0.29, 0.717) is 23.5 Å². The highest BCUT2D eigenvalue weighted by molar-refractivity contribution is 8.00. The molecule has 0 heterocycles. The number of rotatable bonds is 6. The standard InChI is InChI=1S/C32H37N3O7S/c1-31(2,3)43-22-9-7-6-8-15(22)14-34-19-13-20(35(4)5)18-11-16-10-17-12-21(36)25(30(33)41)29(40)32(17,42)28(39)23(16)27(38)24(18)26(19)37/h6-9,13,16-17,34,37-38,40,42H,10-12,14H2,1-5H3,(H2,33,41)/t16-,17+,32+/m1/s1. The van der Waals surface area contributed by atoms with Gasteiger partial charge in [-0.2, -0.15) is 0 Å². The van der Waals surface area contributed by atoms with Crippen LogP contribution in [0.2, 0.25) is 0 Å². The summed E-state index contributed by atoms with van der Waals surface area (Å²) < 4.78 is -0.0142. The maximum atomic E-state index is 13.9. The van der Waals surface area contributed by atoms with Crippen LogP contribution in [0.5, 0.6) is 5.75 Å². The molecule has 3 aliphatic carbocycles. The number of carbonyl (C=O) groups excluding carboxylic acids is 3. The van der Waals surface area contributed by atoms with Crippen LogP contribution in [0.15, 0.2) is 52.1 Å². The van der Waals surface area contributed by atoms with Gasteiger partial charge in [-0.3, -0.25) is 14.4 Å². The molecular weight excluding hydrogens is 570 g/mol. The Kier molecular flexibility index (Phi) is 7.55. The number of phenolic OH excluding ortho intramolecular Hbond substituents is 1. The van der Waals surface area contributed by atoms with Gasteiger partial charge in [0.05, 0.1) is 11.3 Å². The van der Waals surface area contributed by atoms with Crippen LogP contribution in [0.1, 0.15) is 50.3 Å². The molecule has 7 N–H and O–H groups in total. The number of hydrogen-bond acceptors (Lipinski definition) is 10. The molecule has 1 fully saturated rings. The third-order valence-electron chi connectivity index (χ3n) is 8.38. The van der Waals surface area contributed by atoms with Crippen LogP contribution in [0.3, 0.4) is 0 Å². The van der Waals surface area contributed by atoms with Gasteiger partial charge in [0.1, 0.15) is 22.8 Å². The molecule has 43 heavy (non-hydrogen) atoms. The number of phenols is 1. The average Bonchev–Trinajstić information content (AvgIpc) is 2.89. The van der Waals surface area contributed by atoms with Gasteiger partial charge >= 0.3 is 0 Å². The first-order chi connectivity index (χ1) is 20.1. The highest BCUT2D eigenvalue weighted by atomic mass is 32.2. The lowest BCUT2D eigenvalue weighted by Crippen LogP contribution is -2.58. The summed E-state index contributed by atoms with van der Waals surface area (Å²) in [6.45, 7) is 6.77. The Hall–Kier alpha value is -3.96. The molecule has 0 aromatic heterocycles. The van der Waals surface area contributed by atoms with E-state index in [2.05, 4.69) is 26.1 Å². The third-order valence-corrected chi connectivity index (χ3v) is 9.61. The quantitative estimate of drug-likeness (QED) is 0.160. The number of amides is 1. The summed E-state index contributed by atoms with van der Waals surface area (Å²) in [5.41, 5.74) is 4.44. The molecular formula is C32H37N3O7S. The first kappa shape index (κ1) is 30.5. The number of fused-ring (bicyclic) bond motifs is 3. The summed E-state index contributed by atoms with van der Waals surface area (Å²) in [5.74, 6) is -6.48. The van der Waals surface area contributed by atoms with Crippen molar-refractivity contribution in [1.82, 2.24) is 0 Å². The maximum Gasteiger partial charge on any atom is 0.255 e. The Morgan fingerprint density at radius 2 is 1.81 bits per heavy atom. The summed E-state index contributed by atoms with van der Waals surface area (Å²) in [6, 6.07) is 9.75. The molecule has 11 heteroatoms. The molecule has 0 radical (unpaired) electrons. The molecule has 10 nitrogen and oxygen atoms in total. The van der Waals surface area contributed by atoms with Crippen LogP contribution in [-0.4, -0.2) is 62.3 Å². The smallest absolute Gasteiger partial charge is 0.255 e. The number of nitrogens with one attached hydrogen (secondary N) is 1. The fourth-order valence-corrected chi connectivity index (χ4v) is 7.55. The summed E-state index contributed by atoms with van der Waals surface area (Å²) in [4.78, 5) is 41.3. The predicted octanol–water partition coefficient (Wildman–Crippen LogP) is 3.99. The van der Waals surface area contributed by atoms with E-state index in [1.807, 2.05) is 43.3 Å². The maximum absolute atomic E-state index is 13.9. The van der Waals surface area contributed by atoms with Crippen molar-refractivity contribution in [3.63, 3.8) is 0 Å². The van der Waals surface area contributed by atoms with Gasteiger partial charge in [0.2, 0.25) is 5.78 Å². The summed E-state index contributed by atoms with van der Waals surface area (Å²) in [6.07, 6.45) is -0.0365. The average molecular weight is 608 g/mol. The lowest BCUT2D eigenvalue weighted by Gasteiger charge is -2.46. The zero-order chi connectivity index (χ0) is 31.6. The molecule has 3 aliphatic rings. The first-order valence-corrected chi connectivity index (χ1v) is 14.9. The van der Waals surface area contributed by atoms with E-state index in [1.54, 1.807) is 17.8 Å². The van der Waals surface area contributed by atoms with Crippen LogP contribution in [0.4, 0.5) is 11.4 Å². The zero-order valence-corrected chi connectivity index (χ0v) is 25.6. The van der Waals surface area contributed by atoms with Crippen molar-refractivity contribution in [1.29, 1.82) is 0 Å². The fourth-order valence-electron chi connectivity index (χ4n) is 6.47. The number of nitrogens with two attached hydrogens (primary N) is 1. The van der Waals surface area contributed by atoms with Gasteiger partial charge in [0, 0.05) is 53.9 Å². The number of aliphatic hydroxyl groups excluding tert-OH is 2. The number of aromatic hydroxyl groups is 1. The van der Waals surface area contributed by atoms with Crippen LogP contribution in [-0.2, 0) is 27.3 Å². The van der Waals surface area contributed by atoms with E-state index < -0.39 is 52.0 Å². The fraction of sp³-hybridized carbons (Fsp3) is 0.406. The number of anilines is 2. The van der Waals surface area contributed by atoms with Crippen LogP contribution in [0.25, 0.3) is 5.76 Å². The molecule has 1 amide bonds. The van der Waals surface area contributed by atoms with Crippen molar-refractivity contribution in [2.24, 2.45) is 17.6 Å². The number of primary amides is 1. The van der Waals surface area contributed by atoms with Crippen molar-refractivity contribution >= 4 is 46.4 Å². The van der Waals surface area contributed by atoms with Gasteiger partial charge in [-0.1, -0.05) is 39.0 Å². The third kappa shape index (κ3) is 5.04. The number of thioether (sulfide) groups is 1. The number of benzene rings is 2. The van der Waals surface area contributed by atoms with Crippen molar-refractivity contribution in [3.8, 4) is 5.75 Å². The van der Waals surface area contributed by atoms with Gasteiger partial charge in [-0.25, -0.2) is 0 Å². The van der Waals surface area contributed by atoms with Crippen molar-refractivity contribution in [3.05, 3.63) is 63.9 Å². The zero-order valence-electron chi connectivity index (χ0n) is 24.8. The van der Waals surface area contributed by atoms with Crippen LogP contribution in [0, 0.1) is 11.8 Å². The molecule has 0 saturated heterocycles. The number of nitrogens with zero attached hydrogens (tertiary/aromatic N) is 1. The molecule has 3 atom stereocenters. The number of hydrogen-bond donors (Lipinski definition) is 6. The molecule has 5 rings (SSSR count). The number of ketones is 2. The number of carbonyl (C=O) groups is 3. The minimum atomic E-state index is -2.60. The monoisotopic (exact) mass is 607 g/mol. The summed E-state index contributed by atoms with van der Waals surface area (Å²) in [5, 5.41) is 48.7. The second kappa shape index (κ2) is 10.6. The Morgan fingerprint density at radius 1 is 1.14 bits per heavy atom. The van der Waals surface area contributed by atoms with E-state index in [-0.39, 0.29) is 40.9 Å². The Bertz CT molecular complexity index is 1620. The first-order valence-electron chi connectivity index (χ1n) is 14.1. The van der Waals surface area contributed by atoms with Crippen molar-refractivity contribution < 1.29 is 34.8 Å². The van der Waals surface area contributed by atoms with E-state index in [4.69, 9.17) is 5.73 Å². The van der Waals surface area contributed by atoms with Gasteiger partial charge in [0.15, 0.2) is 11.4 Å². The molecule has 0 spiro atoms. The molecule has 1 saturated carbocycles. The molecule has 0 bridgehead atoms. The Morgan fingerprint density at radius 3 is 2.44 bits per heavy atom. The largest absolute Gasteiger partial charge is 0.508 e. The lowest BCUT2D eigenvalue weighted by atomic mass is 9.59. The van der Waals surface area contributed by atoms with Crippen molar-refractivity contribution in [2.75, 3.05) is 24.3 Å². The van der Waals surface area contributed by atoms with Gasteiger partial charge in [0.25, 0.3) is 5.91 Å². The second-order valence-corrected chi connectivity index (χ2v) is 14.5. The minimum absolute atomic E-state index is 0.0142. The second-order valence-electron chi connectivity index (χ2n) is 12.6. The lowest BCUT2D eigenvalue weighted by molar-refractivity contribution is -0.147. The van der Waals surface area contributed by atoms with E-state index >= 15 is 0 Å². The minimum Gasteiger partial charge on any atom is -0.508 e. The SMILES string of the molecule is CN(C)c1cc(NCc2ccccc2SC(C)(C)C)c(O)c2c1C[C@H]1C[C@H]3CC(=O)C(C(N)=O)=C(O)[C@@]3(O)C(=O)C1=C2O. The normalized spacial score (nSPS) is 23.5. The number of aliphatic hydroxyl groups is 3. The molecule has 0 aliphatic heterocycles. The van der Waals surface area contributed by atoms with Crippen molar-refractivity contribution in [2.45, 2.75) is 61.8 Å². The van der Waals surface area contributed by atoms with Crippen LogP contribution >= 0.6 is 11.8 Å². The summed E-state index contributed by atoms with van der Waals surface area (Å²) in [7, 11) is 3.67. The van der Waals surface area contributed by atoms with Gasteiger partial charge in [-0.05, 0) is 42.0 Å². The molecule has 0 unspecified atom stereocenters. The molecule has 228 valence electrons. The Labute approximate surface area is 254 Å². The molecule has 2 aromatic rings. The number of Topliss-reactive ketones (excluding diaryl/α,β-unsaturated/α-hetero) is 2. The Balaban J connectivity index is 1.59. The van der Waals surface area contributed by atoms with Crippen LogP contribution < -0.4 is 16.0 Å². The van der Waals surface area contributed by atoms with E-state index in [9.17, 15) is 34.8 Å². The van der Waals surface area contributed by atoms with Gasteiger partial charge in [-0.15, -0.1) is 11.8 Å². The summed E-state index contributed by atoms with van der Waals surface area (Å²) >= 11 is 1.73. The highest BCUT2D eigenvalue weighted by Gasteiger charge is 2.60. The predicted molar refractivity (Wildman–Crippen MR) is 165 cm³/mol. The topological polar surface area (TPSA) is 173 Å². The molecule has 2 aromatic carbocycles. The van der Waals surface area contributed by atoms with E-state index in [1.165, 1.54) is 0 Å². The highest BCUT2D eigenvalue weighted by Crippen LogP contribution is 2.54. The van der Waals surface area contributed by atoms with Gasteiger partial charge < -0.3 is 36.4 Å². The van der Waals surface area contributed by atoms with E-state index in [0.717, 1.165) is 10.5 Å².